The number of amides is 2. The maximum atomic E-state index is 13.4. The fourth-order valence-corrected chi connectivity index (χ4v) is 4.83. The van der Waals surface area contributed by atoms with Gasteiger partial charge in [-0.15, -0.1) is 0 Å². The van der Waals surface area contributed by atoms with Gasteiger partial charge in [-0.25, -0.2) is 12.8 Å². The molecule has 0 aliphatic rings. The van der Waals surface area contributed by atoms with Crippen LogP contribution in [0.15, 0.2) is 48.5 Å². The Labute approximate surface area is 214 Å². The molecule has 2 aromatic carbocycles. The number of sulfonamides is 1. The van der Waals surface area contributed by atoms with Crippen molar-refractivity contribution in [3.05, 3.63) is 65.5 Å². The average Bonchev–Trinajstić information content (AvgIpc) is 2.82. The van der Waals surface area contributed by atoms with Gasteiger partial charge in [-0.05, 0) is 62.9 Å². The van der Waals surface area contributed by atoms with E-state index < -0.39 is 21.9 Å². The molecule has 1 N–H and O–H groups in total. The zero-order chi connectivity index (χ0) is 26.9. The highest BCUT2D eigenvalue weighted by Crippen LogP contribution is 2.20. The summed E-state index contributed by atoms with van der Waals surface area (Å²) in [6, 6.07) is 12.3. The quantitative estimate of drug-likeness (QED) is 0.425. The van der Waals surface area contributed by atoms with E-state index in [9.17, 15) is 22.4 Å². The largest absolute Gasteiger partial charge is 0.352 e. The van der Waals surface area contributed by atoms with Crippen LogP contribution in [0.5, 0.6) is 0 Å². The van der Waals surface area contributed by atoms with Crippen LogP contribution in [0, 0.1) is 12.7 Å². The molecule has 36 heavy (non-hydrogen) atoms. The summed E-state index contributed by atoms with van der Waals surface area (Å²) in [6.45, 7) is 8.09. The summed E-state index contributed by atoms with van der Waals surface area (Å²) in [6.07, 6.45) is 2.61. The number of hydrogen-bond acceptors (Lipinski definition) is 4. The second-order valence-electron chi connectivity index (χ2n) is 9.16. The first-order valence-corrected chi connectivity index (χ1v) is 14.2. The molecule has 0 aliphatic heterocycles. The predicted octanol–water partition coefficient (Wildman–Crippen LogP) is 4.40. The summed E-state index contributed by atoms with van der Waals surface area (Å²) in [5.41, 5.74) is 2.34. The number of benzene rings is 2. The molecule has 198 valence electrons. The highest BCUT2D eigenvalue weighted by Gasteiger charge is 2.29. The maximum Gasteiger partial charge on any atom is 0.243 e. The number of anilines is 1. The number of carbonyl (C=O) groups excluding carboxylic acids is 2. The van der Waals surface area contributed by atoms with Crippen LogP contribution in [0.1, 0.15) is 57.6 Å². The Bertz CT molecular complexity index is 1100. The first kappa shape index (κ1) is 29.3. The SMILES string of the molecule is CC[C@@H](C)NC(=O)[C@H](CC)N(Cc1ccc(C)cc1)C(=O)CCCN(c1ccc(F)cc1)S(C)(=O)=O. The molecule has 2 amide bonds. The van der Waals surface area contributed by atoms with E-state index in [-0.39, 0.29) is 43.8 Å². The van der Waals surface area contributed by atoms with E-state index >= 15 is 0 Å². The van der Waals surface area contributed by atoms with E-state index in [1.54, 1.807) is 4.90 Å². The normalized spacial score (nSPS) is 13.1. The van der Waals surface area contributed by atoms with Gasteiger partial charge in [0.05, 0.1) is 11.9 Å². The van der Waals surface area contributed by atoms with Crippen molar-refractivity contribution >= 4 is 27.5 Å². The van der Waals surface area contributed by atoms with Gasteiger partial charge in [0.25, 0.3) is 0 Å². The molecule has 9 heteroatoms. The maximum absolute atomic E-state index is 13.4. The lowest BCUT2D eigenvalue weighted by atomic mass is 10.1. The second-order valence-corrected chi connectivity index (χ2v) is 11.1. The highest BCUT2D eigenvalue weighted by atomic mass is 32.2. The second kappa shape index (κ2) is 13.4. The van der Waals surface area contributed by atoms with Crippen molar-refractivity contribution in [1.82, 2.24) is 10.2 Å². The van der Waals surface area contributed by atoms with E-state index in [1.807, 2.05) is 52.0 Å². The Balaban J connectivity index is 2.21. The third-order valence-electron chi connectivity index (χ3n) is 6.13. The van der Waals surface area contributed by atoms with Crippen molar-refractivity contribution in [3.63, 3.8) is 0 Å². The van der Waals surface area contributed by atoms with Gasteiger partial charge in [0.1, 0.15) is 11.9 Å². The summed E-state index contributed by atoms with van der Waals surface area (Å²) in [5, 5.41) is 2.98. The van der Waals surface area contributed by atoms with Gasteiger partial charge in [0.2, 0.25) is 21.8 Å². The molecule has 0 heterocycles. The van der Waals surface area contributed by atoms with Crippen molar-refractivity contribution in [2.24, 2.45) is 0 Å². The Morgan fingerprint density at radius 3 is 2.14 bits per heavy atom. The van der Waals surface area contributed by atoms with Crippen molar-refractivity contribution in [3.8, 4) is 0 Å². The fourth-order valence-electron chi connectivity index (χ4n) is 3.86. The minimum Gasteiger partial charge on any atom is -0.352 e. The lowest BCUT2D eigenvalue weighted by Crippen LogP contribution is -2.50. The topological polar surface area (TPSA) is 86.8 Å². The lowest BCUT2D eigenvalue weighted by Gasteiger charge is -2.32. The molecule has 0 aliphatic carbocycles. The van der Waals surface area contributed by atoms with E-state index in [0.29, 0.717) is 12.1 Å². The number of carbonyl (C=O) groups is 2. The standard InChI is InChI=1S/C27H38FN3O4S/c1-6-21(4)29-27(33)25(7-2)30(19-22-12-10-20(3)11-13-22)26(32)9-8-18-31(36(5,34)35)24-16-14-23(28)15-17-24/h10-17,21,25H,6-9,18-19H2,1-5H3,(H,29,33)/t21-,25+/m1/s1. The van der Waals surface area contributed by atoms with Crippen LogP contribution in [-0.4, -0.2) is 50.0 Å². The summed E-state index contributed by atoms with van der Waals surface area (Å²) in [5.74, 6) is -0.888. The summed E-state index contributed by atoms with van der Waals surface area (Å²) < 4.78 is 39.2. The molecule has 0 fully saturated rings. The van der Waals surface area contributed by atoms with Gasteiger partial charge in [0, 0.05) is 25.6 Å². The number of halogens is 1. The van der Waals surface area contributed by atoms with Crippen LogP contribution in [0.3, 0.4) is 0 Å². The molecule has 0 aromatic heterocycles. The average molecular weight is 520 g/mol. The third-order valence-corrected chi connectivity index (χ3v) is 7.32. The zero-order valence-electron chi connectivity index (χ0n) is 21.8. The molecule has 0 spiro atoms. The Hall–Kier alpha value is -2.94. The van der Waals surface area contributed by atoms with Gasteiger partial charge in [0.15, 0.2) is 0 Å². The molecule has 7 nitrogen and oxygen atoms in total. The molecule has 2 atom stereocenters. The van der Waals surface area contributed by atoms with E-state index in [4.69, 9.17) is 0 Å². The van der Waals surface area contributed by atoms with Gasteiger partial charge < -0.3 is 10.2 Å². The van der Waals surface area contributed by atoms with Crippen LogP contribution in [0.4, 0.5) is 10.1 Å². The van der Waals surface area contributed by atoms with Crippen LogP contribution < -0.4 is 9.62 Å². The Kier molecular flexibility index (Phi) is 10.9. The van der Waals surface area contributed by atoms with Crippen LogP contribution in [0.2, 0.25) is 0 Å². The number of rotatable bonds is 13. The molecular weight excluding hydrogens is 481 g/mol. The Morgan fingerprint density at radius 2 is 1.61 bits per heavy atom. The molecule has 2 rings (SSSR count). The van der Waals surface area contributed by atoms with E-state index in [2.05, 4.69) is 5.32 Å². The lowest BCUT2D eigenvalue weighted by molar-refractivity contribution is -0.141. The minimum absolute atomic E-state index is 0.0121. The van der Waals surface area contributed by atoms with Gasteiger partial charge in [-0.3, -0.25) is 13.9 Å². The first-order valence-electron chi connectivity index (χ1n) is 12.3. The molecule has 0 unspecified atom stereocenters. The predicted molar refractivity (Wildman–Crippen MR) is 142 cm³/mol. The molecule has 0 radical (unpaired) electrons. The number of nitrogens with one attached hydrogen (secondary N) is 1. The van der Waals surface area contributed by atoms with Crippen LogP contribution in [0.25, 0.3) is 0 Å². The van der Waals surface area contributed by atoms with Crippen molar-refractivity contribution < 1.29 is 22.4 Å². The van der Waals surface area contributed by atoms with E-state index in [1.165, 1.54) is 24.3 Å². The van der Waals surface area contributed by atoms with Gasteiger partial charge in [-0.2, -0.15) is 0 Å². The summed E-state index contributed by atoms with van der Waals surface area (Å²) in [4.78, 5) is 28.0. The summed E-state index contributed by atoms with van der Waals surface area (Å²) >= 11 is 0. The van der Waals surface area contributed by atoms with Crippen LogP contribution >= 0.6 is 0 Å². The number of nitrogens with zero attached hydrogens (tertiary/aromatic N) is 2. The van der Waals surface area contributed by atoms with Gasteiger partial charge >= 0.3 is 0 Å². The zero-order valence-corrected chi connectivity index (χ0v) is 22.6. The first-order chi connectivity index (χ1) is 17.0. The Morgan fingerprint density at radius 1 is 1.00 bits per heavy atom. The fraction of sp³-hybridized carbons (Fsp3) is 0.481. The summed E-state index contributed by atoms with van der Waals surface area (Å²) in [7, 11) is -3.63. The molecular formula is C27H38FN3O4S. The van der Waals surface area contributed by atoms with Gasteiger partial charge in [-0.1, -0.05) is 43.7 Å². The smallest absolute Gasteiger partial charge is 0.243 e. The third kappa shape index (κ3) is 8.62. The van der Waals surface area contributed by atoms with Crippen molar-refractivity contribution in [2.75, 3.05) is 17.1 Å². The highest BCUT2D eigenvalue weighted by molar-refractivity contribution is 7.92. The minimum atomic E-state index is -3.63. The molecule has 0 saturated heterocycles. The van der Waals surface area contributed by atoms with Crippen molar-refractivity contribution in [2.45, 2.75) is 72.0 Å². The number of aryl methyl sites for hydroxylation is 1. The van der Waals surface area contributed by atoms with E-state index in [0.717, 1.165) is 28.1 Å². The molecule has 0 bridgehead atoms. The number of hydrogen-bond donors (Lipinski definition) is 1. The monoisotopic (exact) mass is 519 g/mol. The molecule has 0 saturated carbocycles. The van der Waals surface area contributed by atoms with Crippen molar-refractivity contribution in [1.29, 1.82) is 0 Å². The van der Waals surface area contributed by atoms with Crippen LogP contribution in [-0.2, 0) is 26.2 Å². The molecule has 2 aromatic rings.